The van der Waals surface area contributed by atoms with Gasteiger partial charge < -0.3 is 15.0 Å². The molecule has 0 spiro atoms. The van der Waals surface area contributed by atoms with E-state index in [4.69, 9.17) is 10.5 Å². The van der Waals surface area contributed by atoms with Gasteiger partial charge in [-0.25, -0.2) is 0 Å². The van der Waals surface area contributed by atoms with E-state index in [1.807, 2.05) is 36.4 Å². The molecule has 1 aliphatic heterocycles. The zero-order chi connectivity index (χ0) is 22.1. The summed E-state index contributed by atoms with van der Waals surface area (Å²) in [6.07, 6.45) is 0. The van der Waals surface area contributed by atoms with Crippen LogP contribution in [0.3, 0.4) is 0 Å². The average molecular weight is 414 g/mol. The van der Waals surface area contributed by atoms with Gasteiger partial charge >= 0.3 is 0 Å². The zero-order valence-electron chi connectivity index (χ0n) is 16.6. The van der Waals surface area contributed by atoms with Crippen molar-refractivity contribution in [1.29, 1.82) is 5.26 Å². The van der Waals surface area contributed by atoms with Crippen molar-refractivity contribution in [2.45, 2.75) is 19.4 Å². The predicted molar refractivity (Wildman–Crippen MR) is 113 cm³/mol. The van der Waals surface area contributed by atoms with E-state index in [2.05, 4.69) is 0 Å². The number of nitrogens with zero attached hydrogens (tertiary/aromatic N) is 3. The summed E-state index contributed by atoms with van der Waals surface area (Å²) in [4.78, 5) is 24.7. The van der Waals surface area contributed by atoms with Gasteiger partial charge in [-0.05, 0) is 12.5 Å². The molecule has 1 atom stereocenters. The molecule has 3 aromatic rings. The number of para-hydroxylation sites is 1. The number of nitro benzene ring substituents is 1. The fourth-order valence-corrected chi connectivity index (χ4v) is 3.86. The monoisotopic (exact) mass is 414 g/mol. The first kappa shape index (κ1) is 19.9. The van der Waals surface area contributed by atoms with Crippen LogP contribution in [0.1, 0.15) is 28.3 Å². The van der Waals surface area contributed by atoms with Crippen molar-refractivity contribution >= 4 is 5.69 Å². The number of hydrogen-bond donors (Lipinski definition) is 1. The molecule has 0 saturated carbocycles. The largest absolute Gasteiger partial charge is 0.440 e. The maximum atomic E-state index is 13.6. The SMILES string of the molecule is Cc1cc2c(c(=O)n1Cc1ccccc1)[C@@H](c1ccccc1[N+](=O)[O-])C(C#N)=C(N)O2. The molecule has 8 nitrogen and oxygen atoms in total. The minimum absolute atomic E-state index is 0.0333. The van der Waals surface area contributed by atoms with E-state index in [0.29, 0.717) is 12.2 Å². The Morgan fingerprint density at radius 2 is 1.87 bits per heavy atom. The third kappa shape index (κ3) is 3.42. The molecule has 2 N–H and O–H groups in total. The topological polar surface area (TPSA) is 124 Å². The molecule has 0 unspecified atom stereocenters. The van der Waals surface area contributed by atoms with Gasteiger partial charge in [-0.1, -0.05) is 48.5 Å². The Balaban J connectivity index is 1.98. The summed E-state index contributed by atoms with van der Waals surface area (Å²) in [6.45, 7) is 2.08. The zero-order valence-corrected chi connectivity index (χ0v) is 16.6. The van der Waals surface area contributed by atoms with Crippen LogP contribution in [-0.2, 0) is 6.54 Å². The molecule has 0 saturated heterocycles. The molecule has 2 heterocycles. The number of aromatic nitrogens is 1. The number of fused-ring (bicyclic) bond motifs is 1. The van der Waals surface area contributed by atoms with E-state index in [0.717, 1.165) is 5.56 Å². The van der Waals surface area contributed by atoms with Crippen LogP contribution >= 0.6 is 0 Å². The van der Waals surface area contributed by atoms with Crippen LogP contribution in [0.2, 0.25) is 0 Å². The smallest absolute Gasteiger partial charge is 0.273 e. The highest BCUT2D eigenvalue weighted by Crippen LogP contribution is 2.43. The highest BCUT2D eigenvalue weighted by atomic mass is 16.6. The second-order valence-corrected chi connectivity index (χ2v) is 7.18. The second kappa shape index (κ2) is 7.80. The van der Waals surface area contributed by atoms with Crippen LogP contribution in [0.25, 0.3) is 0 Å². The molecule has 1 aromatic heterocycles. The van der Waals surface area contributed by atoms with Crippen molar-refractivity contribution in [2.75, 3.05) is 0 Å². The van der Waals surface area contributed by atoms with Crippen molar-refractivity contribution in [3.05, 3.63) is 115 Å². The summed E-state index contributed by atoms with van der Waals surface area (Å²) in [5, 5.41) is 21.4. The molecule has 2 aromatic carbocycles. The Kier molecular flexibility index (Phi) is 5.01. The number of benzene rings is 2. The molecule has 0 amide bonds. The number of pyridine rings is 1. The quantitative estimate of drug-likeness (QED) is 0.516. The van der Waals surface area contributed by atoms with E-state index in [1.54, 1.807) is 23.6 Å². The summed E-state index contributed by atoms with van der Waals surface area (Å²) < 4.78 is 7.17. The van der Waals surface area contributed by atoms with Crippen molar-refractivity contribution in [2.24, 2.45) is 5.73 Å². The van der Waals surface area contributed by atoms with Crippen molar-refractivity contribution in [3.63, 3.8) is 0 Å². The van der Waals surface area contributed by atoms with Gasteiger partial charge in [0.15, 0.2) is 0 Å². The average Bonchev–Trinajstić information content (AvgIpc) is 2.76. The number of nitriles is 1. The molecule has 0 bridgehead atoms. The maximum Gasteiger partial charge on any atom is 0.273 e. The summed E-state index contributed by atoms with van der Waals surface area (Å²) in [6, 6.07) is 19.1. The third-order valence-electron chi connectivity index (χ3n) is 5.32. The number of aryl methyl sites for hydroxylation is 1. The predicted octanol–water partition coefficient (Wildman–Crippen LogP) is 3.33. The summed E-state index contributed by atoms with van der Waals surface area (Å²) >= 11 is 0. The standard InChI is InChI=1S/C23H18N4O4/c1-14-11-19-21(23(28)26(14)13-15-7-3-2-4-8-15)20(17(12-24)22(25)31-19)16-9-5-6-10-18(16)27(29)30/h2-11,20H,13,25H2,1H3/t20-/m0/s1. The fraction of sp³-hybridized carbons (Fsp3) is 0.130. The Morgan fingerprint density at radius 3 is 2.55 bits per heavy atom. The Morgan fingerprint density at radius 1 is 1.19 bits per heavy atom. The molecular formula is C23H18N4O4. The van der Waals surface area contributed by atoms with Crippen LogP contribution < -0.4 is 16.0 Å². The van der Waals surface area contributed by atoms with E-state index >= 15 is 0 Å². The van der Waals surface area contributed by atoms with E-state index in [9.17, 15) is 20.2 Å². The Bertz CT molecular complexity index is 1320. The number of ether oxygens (including phenoxy) is 1. The third-order valence-corrected chi connectivity index (χ3v) is 5.32. The number of nitrogens with two attached hydrogens (primary N) is 1. The van der Waals surface area contributed by atoms with Crippen LogP contribution in [0, 0.1) is 28.4 Å². The van der Waals surface area contributed by atoms with Crippen LogP contribution in [0.5, 0.6) is 5.75 Å². The number of nitro groups is 1. The Labute approximate surface area is 177 Å². The normalized spacial score (nSPS) is 15.0. The summed E-state index contributed by atoms with van der Waals surface area (Å²) in [5.74, 6) is -0.977. The second-order valence-electron chi connectivity index (χ2n) is 7.18. The van der Waals surface area contributed by atoms with Crippen LogP contribution in [0.15, 0.2) is 76.9 Å². The summed E-state index contributed by atoms with van der Waals surface area (Å²) in [7, 11) is 0. The van der Waals surface area contributed by atoms with Crippen LogP contribution in [0.4, 0.5) is 5.69 Å². The molecule has 0 aliphatic carbocycles. The minimum Gasteiger partial charge on any atom is -0.440 e. The summed E-state index contributed by atoms with van der Waals surface area (Å²) in [5.41, 5.74) is 7.28. The maximum absolute atomic E-state index is 13.6. The number of rotatable bonds is 4. The van der Waals surface area contributed by atoms with Gasteiger partial charge in [0.2, 0.25) is 5.88 Å². The van der Waals surface area contributed by atoms with E-state index in [1.165, 1.54) is 18.2 Å². The van der Waals surface area contributed by atoms with E-state index in [-0.39, 0.29) is 39.6 Å². The minimum atomic E-state index is -1.01. The first-order chi connectivity index (χ1) is 14.9. The first-order valence-electron chi connectivity index (χ1n) is 9.51. The highest BCUT2D eigenvalue weighted by molar-refractivity contribution is 5.59. The van der Waals surface area contributed by atoms with Gasteiger partial charge in [-0.2, -0.15) is 5.26 Å². The van der Waals surface area contributed by atoms with Crippen molar-refractivity contribution in [1.82, 2.24) is 4.57 Å². The molecule has 8 heteroatoms. The van der Waals surface area contributed by atoms with Gasteiger partial charge in [0.1, 0.15) is 17.4 Å². The molecule has 1 aliphatic rings. The lowest BCUT2D eigenvalue weighted by Crippen LogP contribution is -2.33. The van der Waals surface area contributed by atoms with E-state index < -0.39 is 10.8 Å². The molecule has 4 rings (SSSR count). The molecule has 154 valence electrons. The number of allylic oxidation sites excluding steroid dienone is 1. The Hall–Kier alpha value is -4.38. The molecular weight excluding hydrogens is 396 g/mol. The van der Waals surface area contributed by atoms with Crippen molar-refractivity contribution in [3.8, 4) is 11.8 Å². The highest BCUT2D eigenvalue weighted by Gasteiger charge is 2.37. The lowest BCUT2D eigenvalue weighted by molar-refractivity contribution is -0.385. The first-order valence-corrected chi connectivity index (χ1v) is 9.51. The van der Waals surface area contributed by atoms with Gasteiger partial charge in [-0.3, -0.25) is 14.9 Å². The van der Waals surface area contributed by atoms with Gasteiger partial charge in [0, 0.05) is 23.4 Å². The fourth-order valence-electron chi connectivity index (χ4n) is 3.86. The molecule has 0 fully saturated rings. The van der Waals surface area contributed by atoms with Gasteiger partial charge in [0.05, 0.1) is 22.9 Å². The lowest BCUT2D eigenvalue weighted by atomic mass is 9.83. The number of hydrogen-bond acceptors (Lipinski definition) is 6. The van der Waals surface area contributed by atoms with Crippen molar-refractivity contribution < 1.29 is 9.66 Å². The molecule has 31 heavy (non-hydrogen) atoms. The van der Waals surface area contributed by atoms with Gasteiger partial charge in [-0.15, -0.1) is 0 Å². The molecule has 0 radical (unpaired) electrons. The van der Waals surface area contributed by atoms with Crippen LogP contribution in [-0.4, -0.2) is 9.49 Å². The van der Waals surface area contributed by atoms with Gasteiger partial charge in [0.25, 0.3) is 11.2 Å². The lowest BCUT2D eigenvalue weighted by Gasteiger charge is -2.27.